The quantitative estimate of drug-likeness (QED) is 0.194. The highest BCUT2D eigenvalue weighted by molar-refractivity contribution is 7.94. The molecule has 0 amide bonds. The standard InChI is InChI=1S/C38H36F6N2O4S2/c1-35(2,3)29-22-30(36(4,5)6)28-21-26(34-18-16-24-12-8-10-14-32(24)46(34)52(49,50)38(42,43)44)19-25(20-27(28)29)33-17-15-23-11-7-9-13-31(23)45(33)51(47,48)37(39,40)41/h7-22,33-34H,1-6H3. The molecule has 52 heavy (non-hydrogen) atoms. The lowest BCUT2D eigenvalue weighted by Gasteiger charge is -2.36. The lowest BCUT2D eigenvalue weighted by molar-refractivity contribution is -0.0445. The van der Waals surface area contributed by atoms with Gasteiger partial charge in [-0.2, -0.15) is 43.2 Å². The molecule has 6 nitrogen and oxygen atoms in total. The minimum atomic E-state index is -6.06. The van der Waals surface area contributed by atoms with Crippen molar-refractivity contribution in [3.63, 3.8) is 0 Å². The lowest BCUT2D eigenvalue weighted by atomic mass is 9.85. The first-order valence-corrected chi connectivity index (χ1v) is 19.1. The van der Waals surface area contributed by atoms with Crippen molar-refractivity contribution in [1.29, 1.82) is 0 Å². The summed E-state index contributed by atoms with van der Waals surface area (Å²) < 4.78 is 141. The third kappa shape index (κ3) is 6.17. The van der Waals surface area contributed by atoms with Crippen molar-refractivity contribution >= 4 is 43.6 Å². The summed E-state index contributed by atoms with van der Waals surface area (Å²) in [7, 11) is -12.1. The third-order valence-corrected chi connectivity index (χ3v) is 12.3. The Morgan fingerprint density at radius 1 is 0.519 bits per heavy atom. The Labute approximate surface area is 299 Å². The van der Waals surface area contributed by atoms with Crippen LogP contribution in [0.3, 0.4) is 0 Å². The Hall–Kier alpha value is -4.30. The predicted molar refractivity (Wildman–Crippen MR) is 192 cm³/mol. The molecule has 2 aromatic rings. The van der Waals surface area contributed by atoms with Crippen LogP contribution in [0.15, 0.2) is 84.9 Å². The number of anilines is 2. The molecule has 0 N–H and O–H groups in total. The zero-order valence-electron chi connectivity index (χ0n) is 29.0. The van der Waals surface area contributed by atoms with Gasteiger partial charge in [0.05, 0.1) is 23.5 Å². The van der Waals surface area contributed by atoms with Crippen molar-refractivity contribution in [2.75, 3.05) is 8.61 Å². The van der Waals surface area contributed by atoms with Crippen LogP contribution < -0.4 is 8.61 Å². The van der Waals surface area contributed by atoms with Gasteiger partial charge in [0.2, 0.25) is 0 Å². The molecule has 2 aromatic carbocycles. The van der Waals surface area contributed by atoms with Crippen molar-refractivity contribution in [3.05, 3.63) is 118 Å². The van der Waals surface area contributed by atoms with Crippen LogP contribution in [0.25, 0.3) is 23.3 Å². The second-order valence-corrected chi connectivity index (χ2v) is 18.6. The number of halogens is 6. The number of para-hydroxylation sites is 2. The number of nitrogens with zero attached hydrogens (tertiary/aromatic N) is 2. The number of hydrogen-bond donors (Lipinski definition) is 0. The molecule has 0 saturated heterocycles. The van der Waals surface area contributed by atoms with E-state index in [0.717, 1.165) is 11.1 Å². The van der Waals surface area contributed by atoms with E-state index < -0.39 is 54.0 Å². The van der Waals surface area contributed by atoms with E-state index in [2.05, 4.69) is 0 Å². The van der Waals surface area contributed by atoms with E-state index in [0.29, 0.717) is 11.1 Å². The van der Waals surface area contributed by atoms with Gasteiger partial charge in [0.15, 0.2) is 0 Å². The van der Waals surface area contributed by atoms with Gasteiger partial charge in [-0.15, -0.1) is 0 Å². The van der Waals surface area contributed by atoms with E-state index in [9.17, 15) is 43.2 Å². The van der Waals surface area contributed by atoms with E-state index >= 15 is 0 Å². The highest BCUT2D eigenvalue weighted by Crippen LogP contribution is 2.50. The summed E-state index contributed by atoms with van der Waals surface area (Å²) in [6.07, 6.45) is 5.55. The van der Waals surface area contributed by atoms with Gasteiger partial charge in [-0.3, -0.25) is 8.61 Å². The van der Waals surface area contributed by atoms with Crippen molar-refractivity contribution in [2.24, 2.45) is 0 Å². The van der Waals surface area contributed by atoms with E-state index in [1.807, 2.05) is 47.6 Å². The molecule has 0 radical (unpaired) electrons. The smallest absolute Gasteiger partial charge is 0.251 e. The van der Waals surface area contributed by atoms with Crippen LogP contribution in [0.4, 0.5) is 37.7 Å². The molecule has 0 saturated carbocycles. The number of hydrogen-bond acceptors (Lipinski definition) is 4. The number of rotatable bonds is 4. The van der Waals surface area contributed by atoms with Crippen LogP contribution in [-0.4, -0.2) is 27.9 Å². The normalized spacial score (nSPS) is 18.5. The molecule has 2 heterocycles. The van der Waals surface area contributed by atoms with Crippen molar-refractivity contribution < 1.29 is 43.2 Å². The summed E-state index contributed by atoms with van der Waals surface area (Å²) in [5.41, 5.74) is -10.1. The van der Waals surface area contributed by atoms with Gasteiger partial charge in [-0.1, -0.05) is 114 Å². The van der Waals surface area contributed by atoms with Crippen LogP contribution in [0, 0.1) is 0 Å². The first kappa shape index (κ1) is 37.5. The SMILES string of the molecule is CC(C)(C)c1cc(C(C)(C)C)c2cc(C3C=Cc4ccccc4N3S(=O)(=O)C(F)(F)F)cc(C3C=Cc4ccccc4N3S(=O)(=O)C(F)(F)F)cc1-2. The van der Waals surface area contributed by atoms with E-state index in [-0.39, 0.29) is 42.2 Å². The Balaban J connectivity index is 1.74. The van der Waals surface area contributed by atoms with Crippen LogP contribution in [0.2, 0.25) is 0 Å². The largest absolute Gasteiger partial charge is 0.516 e. The van der Waals surface area contributed by atoms with Crippen molar-refractivity contribution in [3.8, 4) is 11.1 Å². The van der Waals surface area contributed by atoms with E-state index in [4.69, 9.17) is 0 Å². The fourth-order valence-electron chi connectivity index (χ4n) is 6.87. The van der Waals surface area contributed by atoms with Crippen molar-refractivity contribution in [2.45, 2.75) is 75.5 Å². The highest BCUT2D eigenvalue weighted by atomic mass is 32.2. The Kier molecular flexibility index (Phi) is 8.73. The summed E-state index contributed by atoms with van der Waals surface area (Å²) >= 11 is 0. The van der Waals surface area contributed by atoms with Crippen molar-refractivity contribution in [1.82, 2.24) is 0 Å². The average molecular weight is 763 g/mol. The minimum Gasteiger partial charge on any atom is -0.251 e. The fourth-order valence-corrected chi connectivity index (χ4v) is 9.15. The van der Waals surface area contributed by atoms with E-state index in [1.54, 1.807) is 24.3 Å². The monoisotopic (exact) mass is 762 g/mol. The van der Waals surface area contributed by atoms with Crippen LogP contribution in [0.5, 0.6) is 0 Å². The Morgan fingerprint density at radius 3 is 1.19 bits per heavy atom. The number of sulfonamides is 2. The molecule has 6 rings (SSSR count). The van der Waals surface area contributed by atoms with Gasteiger partial charge in [0.1, 0.15) is 0 Å². The van der Waals surface area contributed by atoms with Crippen LogP contribution >= 0.6 is 0 Å². The first-order valence-electron chi connectivity index (χ1n) is 16.2. The lowest BCUT2D eigenvalue weighted by Crippen LogP contribution is -2.44. The summed E-state index contributed by atoms with van der Waals surface area (Å²) in [4.78, 5) is 0. The van der Waals surface area contributed by atoms with Gasteiger partial charge in [0.25, 0.3) is 0 Å². The number of alkyl halides is 6. The van der Waals surface area contributed by atoms with Gasteiger partial charge in [-0.05, 0) is 79.6 Å². The van der Waals surface area contributed by atoms with Crippen LogP contribution in [0.1, 0.15) is 87.0 Å². The van der Waals surface area contributed by atoms with E-state index in [1.165, 1.54) is 66.8 Å². The molecule has 0 spiro atoms. The average Bonchev–Trinajstić information content (AvgIpc) is 3.30. The number of fused-ring (bicyclic) bond motifs is 3. The fraction of sp³-hybridized carbons (Fsp3) is 0.316. The summed E-state index contributed by atoms with van der Waals surface area (Å²) in [6, 6.07) is 14.4. The predicted octanol–water partition coefficient (Wildman–Crippen LogP) is 10.2. The molecule has 2 unspecified atom stereocenters. The molecule has 2 aliphatic carbocycles. The van der Waals surface area contributed by atoms with Crippen LogP contribution in [-0.2, 0) is 30.9 Å². The zero-order valence-corrected chi connectivity index (χ0v) is 30.6. The van der Waals surface area contributed by atoms with Gasteiger partial charge in [-0.25, -0.2) is 0 Å². The molecule has 14 heteroatoms. The molecule has 4 aliphatic rings. The second-order valence-electron chi connectivity index (χ2n) is 15.0. The molecule has 0 aromatic heterocycles. The van der Waals surface area contributed by atoms with Gasteiger partial charge >= 0.3 is 31.1 Å². The first-order chi connectivity index (χ1) is 23.9. The molecular formula is C38H36F6N2O4S2. The molecule has 0 fully saturated rings. The molecular weight excluding hydrogens is 727 g/mol. The Bertz CT molecular complexity index is 2160. The molecule has 276 valence electrons. The molecule has 2 aliphatic heterocycles. The maximum atomic E-state index is 14.4. The maximum absolute atomic E-state index is 14.4. The van der Waals surface area contributed by atoms with Gasteiger partial charge in [0, 0.05) is 0 Å². The zero-order chi connectivity index (χ0) is 38.4. The summed E-state index contributed by atoms with van der Waals surface area (Å²) in [5.74, 6) is 0. The topological polar surface area (TPSA) is 74.8 Å². The highest BCUT2D eigenvalue weighted by Gasteiger charge is 2.54. The summed E-state index contributed by atoms with van der Waals surface area (Å²) in [5, 5.41) is 0. The van der Waals surface area contributed by atoms with Gasteiger partial charge < -0.3 is 0 Å². The molecule has 0 bridgehead atoms. The summed E-state index contributed by atoms with van der Waals surface area (Å²) in [6.45, 7) is 11.6. The maximum Gasteiger partial charge on any atom is 0.516 e. The Morgan fingerprint density at radius 2 is 0.865 bits per heavy atom. The third-order valence-electron chi connectivity index (χ3n) is 9.29. The second kappa shape index (κ2) is 12.1. The number of benzene rings is 2. The minimum absolute atomic E-state index is 0.0169. The molecule has 2 atom stereocenters.